The molecule has 1 aromatic rings. The van der Waals surface area contributed by atoms with E-state index >= 15 is 0 Å². The fourth-order valence-electron chi connectivity index (χ4n) is 2.37. The van der Waals surface area contributed by atoms with E-state index in [4.69, 9.17) is 0 Å². The molecule has 0 saturated carbocycles. The molecule has 0 fully saturated rings. The summed E-state index contributed by atoms with van der Waals surface area (Å²) in [6.45, 7) is 6.71. The van der Waals surface area contributed by atoms with Crippen LogP contribution in [0.4, 0.5) is 0 Å². The van der Waals surface area contributed by atoms with Crippen LogP contribution in [-0.2, 0) is 6.42 Å². The Morgan fingerprint density at radius 2 is 2.00 bits per heavy atom. The van der Waals surface area contributed by atoms with Gasteiger partial charge in [0.2, 0.25) is 0 Å². The van der Waals surface area contributed by atoms with Crippen LogP contribution in [0.25, 0.3) is 0 Å². The average molecular weight is 239 g/mol. The third-order valence-electron chi connectivity index (χ3n) is 2.93. The first-order chi connectivity index (χ1) is 6.09. The van der Waals surface area contributed by atoms with Gasteiger partial charge in [-0.3, -0.25) is 0 Å². The predicted molar refractivity (Wildman–Crippen MR) is 60.5 cm³/mol. The van der Waals surface area contributed by atoms with Crippen molar-refractivity contribution in [3.8, 4) is 0 Å². The lowest BCUT2D eigenvalue weighted by atomic mass is 10.0. The minimum Gasteiger partial charge on any atom is -0.0836 e. The molecule has 1 aromatic carbocycles. The molecular weight excluding hydrogens is 224 g/mol. The van der Waals surface area contributed by atoms with Crippen molar-refractivity contribution in [3.05, 3.63) is 34.4 Å². The number of alkyl halides is 1. The molecule has 2 rings (SSSR count). The van der Waals surface area contributed by atoms with E-state index in [1.165, 1.54) is 23.1 Å². The molecular formula is C12H15Br. The van der Waals surface area contributed by atoms with Crippen LogP contribution in [-0.4, -0.2) is 0 Å². The summed E-state index contributed by atoms with van der Waals surface area (Å²) >= 11 is 3.78. The second-order valence-corrected chi connectivity index (χ2v) is 5.22. The maximum atomic E-state index is 3.78. The summed E-state index contributed by atoms with van der Waals surface area (Å²) in [5.41, 5.74) is 5.93. The molecule has 70 valence electrons. The van der Waals surface area contributed by atoms with Gasteiger partial charge in [0.1, 0.15) is 0 Å². The van der Waals surface area contributed by atoms with E-state index in [9.17, 15) is 0 Å². The van der Waals surface area contributed by atoms with E-state index in [1.807, 2.05) is 0 Å². The molecule has 0 spiro atoms. The Labute approximate surface area is 88.5 Å². The molecule has 0 radical (unpaired) electrons. The third-order valence-corrected chi connectivity index (χ3v) is 4.29. The van der Waals surface area contributed by atoms with Crippen molar-refractivity contribution >= 4 is 15.9 Å². The van der Waals surface area contributed by atoms with Gasteiger partial charge < -0.3 is 0 Å². The van der Waals surface area contributed by atoms with Gasteiger partial charge in [-0.2, -0.15) is 0 Å². The Balaban J connectivity index is 2.57. The number of fused-ring (bicyclic) bond motifs is 1. The molecule has 0 heterocycles. The van der Waals surface area contributed by atoms with E-state index < -0.39 is 0 Å². The van der Waals surface area contributed by atoms with E-state index in [0.29, 0.717) is 4.83 Å². The second-order valence-electron chi connectivity index (χ2n) is 4.24. The van der Waals surface area contributed by atoms with Gasteiger partial charge in [0, 0.05) is 4.83 Å². The molecule has 0 amide bonds. The van der Waals surface area contributed by atoms with Crippen molar-refractivity contribution in [1.29, 1.82) is 0 Å². The third kappa shape index (κ3) is 1.43. The summed E-state index contributed by atoms with van der Waals surface area (Å²) in [6, 6.07) is 4.62. The second kappa shape index (κ2) is 3.13. The lowest BCUT2D eigenvalue weighted by Gasteiger charge is -2.10. The minimum absolute atomic E-state index is 0.572. The van der Waals surface area contributed by atoms with Gasteiger partial charge in [0.25, 0.3) is 0 Å². The fourth-order valence-corrected chi connectivity index (χ4v) is 3.21. The summed E-state index contributed by atoms with van der Waals surface area (Å²) in [5.74, 6) is 0.746. The van der Waals surface area contributed by atoms with Gasteiger partial charge in [-0.05, 0) is 42.9 Å². The van der Waals surface area contributed by atoms with Crippen LogP contribution in [0.5, 0.6) is 0 Å². The summed E-state index contributed by atoms with van der Waals surface area (Å²) in [4.78, 5) is 0.572. The fraction of sp³-hybridized carbons (Fsp3) is 0.500. The van der Waals surface area contributed by atoms with E-state index in [-0.39, 0.29) is 0 Å². The Bertz CT molecular complexity index is 341. The van der Waals surface area contributed by atoms with E-state index in [2.05, 4.69) is 48.8 Å². The molecule has 0 bridgehead atoms. The molecule has 1 aliphatic rings. The number of hydrogen-bond donors (Lipinski definition) is 0. The molecule has 2 unspecified atom stereocenters. The number of aryl methyl sites for hydroxylation is 2. The molecule has 1 heteroatoms. The maximum absolute atomic E-state index is 3.78. The topological polar surface area (TPSA) is 0 Å². The van der Waals surface area contributed by atoms with Gasteiger partial charge in [0.05, 0.1) is 0 Å². The normalized spacial score (nSPS) is 26.2. The van der Waals surface area contributed by atoms with Gasteiger partial charge in [-0.15, -0.1) is 0 Å². The predicted octanol–water partition coefficient (Wildman–Crippen LogP) is 3.93. The smallest absolute Gasteiger partial charge is 0.0429 e. The summed E-state index contributed by atoms with van der Waals surface area (Å²) < 4.78 is 0. The summed E-state index contributed by atoms with van der Waals surface area (Å²) in [7, 11) is 0. The lowest BCUT2D eigenvalue weighted by molar-refractivity contribution is 0.622. The van der Waals surface area contributed by atoms with Crippen molar-refractivity contribution in [2.45, 2.75) is 32.0 Å². The Hall–Kier alpha value is -0.300. The Morgan fingerprint density at radius 1 is 1.31 bits per heavy atom. The van der Waals surface area contributed by atoms with Crippen molar-refractivity contribution in [2.75, 3.05) is 0 Å². The monoisotopic (exact) mass is 238 g/mol. The highest BCUT2D eigenvalue weighted by atomic mass is 79.9. The molecule has 13 heavy (non-hydrogen) atoms. The van der Waals surface area contributed by atoms with Crippen LogP contribution < -0.4 is 0 Å². The van der Waals surface area contributed by atoms with Gasteiger partial charge in [0.15, 0.2) is 0 Å². The zero-order valence-electron chi connectivity index (χ0n) is 8.39. The lowest BCUT2D eigenvalue weighted by Crippen LogP contribution is -1.95. The van der Waals surface area contributed by atoms with Crippen molar-refractivity contribution in [2.24, 2.45) is 5.92 Å². The minimum atomic E-state index is 0.572. The first-order valence-corrected chi connectivity index (χ1v) is 5.75. The molecule has 0 aromatic heterocycles. The first-order valence-electron chi connectivity index (χ1n) is 4.83. The average Bonchev–Trinajstić information content (AvgIpc) is 2.27. The molecule has 1 aliphatic carbocycles. The number of benzene rings is 1. The largest absolute Gasteiger partial charge is 0.0836 e. The highest BCUT2D eigenvalue weighted by Gasteiger charge is 2.28. The van der Waals surface area contributed by atoms with Crippen molar-refractivity contribution in [3.63, 3.8) is 0 Å². The standard InChI is InChI=1S/C12H15Br/c1-7-4-8(2)11-10(5-7)6-9(3)12(11)13/h4-5,9,12H,6H2,1-3H3. The first kappa shape index (κ1) is 9.26. The van der Waals surface area contributed by atoms with Crippen molar-refractivity contribution < 1.29 is 0 Å². The van der Waals surface area contributed by atoms with Crippen LogP contribution in [0.2, 0.25) is 0 Å². The molecule has 0 nitrogen and oxygen atoms in total. The van der Waals surface area contributed by atoms with Crippen LogP contribution in [0.3, 0.4) is 0 Å². The quantitative estimate of drug-likeness (QED) is 0.602. The molecule has 2 atom stereocenters. The van der Waals surface area contributed by atoms with Crippen LogP contribution in [0, 0.1) is 19.8 Å². The van der Waals surface area contributed by atoms with Crippen LogP contribution >= 0.6 is 15.9 Å². The van der Waals surface area contributed by atoms with E-state index in [1.54, 1.807) is 5.56 Å². The summed E-state index contributed by atoms with van der Waals surface area (Å²) in [6.07, 6.45) is 1.23. The molecule has 0 aliphatic heterocycles. The molecule has 0 saturated heterocycles. The zero-order chi connectivity index (χ0) is 9.59. The maximum Gasteiger partial charge on any atom is 0.0429 e. The highest BCUT2D eigenvalue weighted by molar-refractivity contribution is 9.09. The van der Waals surface area contributed by atoms with E-state index in [0.717, 1.165) is 5.92 Å². The molecule has 0 N–H and O–H groups in total. The van der Waals surface area contributed by atoms with Crippen molar-refractivity contribution in [1.82, 2.24) is 0 Å². The SMILES string of the molecule is Cc1cc(C)c2c(c1)CC(C)C2Br. The number of halogens is 1. The van der Waals surface area contributed by atoms with Crippen LogP contribution in [0.15, 0.2) is 12.1 Å². The summed E-state index contributed by atoms with van der Waals surface area (Å²) in [5, 5.41) is 0. The Kier molecular flexibility index (Phi) is 2.23. The van der Waals surface area contributed by atoms with Crippen LogP contribution in [0.1, 0.15) is 34.0 Å². The Morgan fingerprint density at radius 3 is 2.69 bits per heavy atom. The van der Waals surface area contributed by atoms with Gasteiger partial charge in [-0.1, -0.05) is 40.5 Å². The number of rotatable bonds is 0. The number of hydrogen-bond acceptors (Lipinski definition) is 0. The van der Waals surface area contributed by atoms with Gasteiger partial charge in [-0.25, -0.2) is 0 Å². The highest BCUT2D eigenvalue weighted by Crippen LogP contribution is 2.43. The van der Waals surface area contributed by atoms with Gasteiger partial charge >= 0.3 is 0 Å². The zero-order valence-corrected chi connectivity index (χ0v) is 9.98.